The van der Waals surface area contributed by atoms with Gasteiger partial charge in [0.2, 0.25) is 5.91 Å². The lowest BCUT2D eigenvalue weighted by Gasteiger charge is -2.35. The summed E-state index contributed by atoms with van der Waals surface area (Å²) in [7, 11) is 0. The van der Waals surface area contributed by atoms with Crippen molar-refractivity contribution in [2.24, 2.45) is 0 Å². The third-order valence-electron chi connectivity index (χ3n) is 4.76. The molecule has 0 saturated carbocycles. The van der Waals surface area contributed by atoms with Crippen molar-refractivity contribution in [3.8, 4) is 5.75 Å². The second-order valence-corrected chi connectivity index (χ2v) is 7.38. The van der Waals surface area contributed by atoms with Crippen molar-refractivity contribution >= 4 is 23.2 Å². The van der Waals surface area contributed by atoms with E-state index in [9.17, 15) is 9.59 Å². The number of carbonyl (C=O) groups is 2. The van der Waals surface area contributed by atoms with Gasteiger partial charge in [0.05, 0.1) is 13.0 Å². The van der Waals surface area contributed by atoms with Crippen LogP contribution in [0.5, 0.6) is 5.75 Å². The molecule has 0 N–H and O–H groups in total. The van der Waals surface area contributed by atoms with Crippen LogP contribution in [0, 0.1) is 0 Å². The molecule has 0 bridgehead atoms. The Morgan fingerprint density at radius 1 is 1.08 bits per heavy atom. The van der Waals surface area contributed by atoms with Gasteiger partial charge in [0.1, 0.15) is 5.75 Å². The summed E-state index contributed by atoms with van der Waals surface area (Å²) in [5.74, 6) is 1.07. The first-order chi connectivity index (χ1) is 12.2. The third kappa shape index (κ3) is 3.39. The second-order valence-electron chi connectivity index (χ2n) is 6.35. The van der Waals surface area contributed by atoms with Crippen LogP contribution < -0.4 is 4.74 Å². The molecule has 25 heavy (non-hydrogen) atoms. The fourth-order valence-corrected chi connectivity index (χ4v) is 4.03. The summed E-state index contributed by atoms with van der Waals surface area (Å²) in [6, 6.07) is 9.61. The first-order valence-corrected chi connectivity index (χ1v) is 9.44. The van der Waals surface area contributed by atoms with E-state index in [0.29, 0.717) is 44.8 Å². The molecule has 1 aromatic heterocycles. The van der Waals surface area contributed by atoms with E-state index in [-0.39, 0.29) is 11.8 Å². The van der Waals surface area contributed by atoms with Crippen molar-refractivity contribution in [3.05, 3.63) is 51.7 Å². The summed E-state index contributed by atoms with van der Waals surface area (Å²) >= 11 is 1.61. The molecule has 0 aliphatic carbocycles. The van der Waals surface area contributed by atoms with E-state index in [0.717, 1.165) is 22.6 Å². The Labute approximate surface area is 150 Å². The van der Waals surface area contributed by atoms with Gasteiger partial charge in [-0.3, -0.25) is 9.59 Å². The zero-order valence-electron chi connectivity index (χ0n) is 13.9. The van der Waals surface area contributed by atoms with Crippen LogP contribution in [0.3, 0.4) is 0 Å². The Kier molecular flexibility index (Phi) is 4.44. The quantitative estimate of drug-likeness (QED) is 0.847. The normalized spacial score (nSPS) is 16.5. The van der Waals surface area contributed by atoms with Gasteiger partial charge in [0.15, 0.2) is 0 Å². The fourth-order valence-electron chi connectivity index (χ4n) is 3.34. The molecule has 0 atom stereocenters. The monoisotopic (exact) mass is 356 g/mol. The van der Waals surface area contributed by atoms with E-state index in [1.807, 2.05) is 45.5 Å². The number of hydrogen-bond acceptors (Lipinski definition) is 4. The summed E-state index contributed by atoms with van der Waals surface area (Å²) in [6.45, 7) is 3.07. The van der Waals surface area contributed by atoms with E-state index in [1.54, 1.807) is 11.3 Å². The van der Waals surface area contributed by atoms with Crippen LogP contribution in [0.15, 0.2) is 35.7 Å². The maximum absolute atomic E-state index is 12.7. The molecule has 1 fully saturated rings. The lowest BCUT2D eigenvalue weighted by molar-refractivity contribution is -0.131. The van der Waals surface area contributed by atoms with Crippen LogP contribution in [-0.2, 0) is 17.6 Å². The van der Waals surface area contributed by atoms with Crippen LogP contribution in [0.25, 0.3) is 0 Å². The van der Waals surface area contributed by atoms with Crippen LogP contribution in [0.4, 0.5) is 0 Å². The number of ether oxygens (including phenoxy) is 1. The first-order valence-electron chi connectivity index (χ1n) is 8.56. The summed E-state index contributed by atoms with van der Waals surface area (Å²) in [4.78, 5) is 29.9. The van der Waals surface area contributed by atoms with Gasteiger partial charge < -0.3 is 14.5 Å². The minimum Gasteiger partial charge on any atom is -0.493 e. The molecular formula is C19H20N2O3S. The second kappa shape index (κ2) is 6.88. The van der Waals surface area contributed by atoms with E-state index in [1.165, 1.54) is 0 Å². The Morgan fingerprint density at radius 2 is 1.88 bits per heavy atom. The molecule has 2 aliphatic heterocycles. The molecule has 2 amide bonds. The van der Waals surface area contributed by atoms with Gasteiger partial charge in [-0.1, -0.05) is 6.07 Å². The number of amides is 2. The van der Waals surface area contributed by atoms with Crippen molar-refractivity contribution in [1.82, 2.24) is 9.80 Å². The van der Waals surface area contributed by atoms with Crippen molar-refractivity contribution in [2.75, 3.05) is 32.8 Å². The Morgan fingerprint density at radius 3 is 2.64 bits per heavy atom. The molecule has 1 aromatic carbocycles. The zero-order valence-corrected chi connectivity index (χ0v) is 14.8. The predicted octanol–water partition coefficient (Wildman–Crippen LogP) is 2.21. The molecule has 2 aromatic rings. The lowest BCUT2D eigenvalue weighted by Crippen LogP contribution is -2.51. The van der Waals surface area contributed by atoms with Gasteiger partial charge in [-0.15, -0.1) is 11.3 Å². The Balaban J connectivity index is 1.35. The minimum atomic E-state index is 0.0417. The molecule has 130 valence electrons. The van der Waals surface area contributed by atoms with E-state index in [4.69, 9.17) is 4.74 Å². The summed E-state index contributed by atoms with van der Waals surface area (Å²) < 4.78 is 5.49. The number of thiophene rings is 1. The molecule has 3 heterocycles. The van der Waals surface area contributed by atoms with Gasteiger partial charge >= 0.3 is 0 Å². The lowest BCUT2D eigenvalue weighted by atomic mass is 10.1. The average Bonchev–Trinajstić information content (AvgIpc) is 3.32. The van der Waals surface area contributed by atoms with Gasteiger partial charge in [0, 0.05) is 43.0 Å². The molecule has 6 heteroatoms. The number of hydrogen-bond donors (Lipinski definition) is 0. The fraction of sp³-hybridized carbons (Fsp3) is 0.368. The standard InChI is InChI=1S/C19H20N2O3S/c22-18(13-16-2-1-11-25-16)20-6-8-21(9-7-20)19(23)15-3-4-17-14(12-15)5-10-24-17/h1-4,11-12H,5-10,13H2. The van der Waals surface area contributed by atoms with Crippen molar-refractivity contribution < 1.29 is 14.3 Å². The van der Waals surface area contributed by atoms with Gasteiger partial charge in [-0.2, -0.15) is 0 Å². The molecule has 1 saturated heterocycles. The number of fused-ring (bicyclic) bond motifs is 1. The topological polar surface area (TPSA) is 49.9 Å². The SMILES string of the molecule is O=C(Cc1cccs1)N1CCN(C(=O)c2ccc3c(c2)CCO3)CC1. The van der Waals surface area contributed by atoms with Crippen LogP contribution in [0.2, 0.25) is 0 Å². The summed E-state index contributed by atoms with van der Waals surface area (Å²) in [5.41, 5.74) is 1.82. The third-order valence-corrected chi connectivity index (χ3v) is 5.64. The molecule has 2 aliphatic rings. The Bertz CT molecular complexity index is 780. The predicted molar refractivity (Wildman–Crippen MR) is 96.1 cm³/mol. The molecule has 0 spiro atoms. The maximum Gasteiger partial charge on any atom is 0.253 e. The number of nitrogens with zero attached hydrogens (tertiary/aromatic N) is 2. The van der Waals surface area contributed by atoms with Crippen molar-refractivity contribution in [1.29, 1.82) is 0 Å². The van der Waals surface area contributed by atoms with Crippen molar-refractivity contribution in [2.45, 2.75) is 12.8 Å². The molecule has 0 radical (unpaired) electrons. The van der Waals surface area contributed by atoms with Crippen LogP contribution >= 0.6 is 11.3 Å². The van der Waals surface area contributed by atoms with Crippen molar-refractivity contribution in [3.63, 3.8) is 0 Å². The van der Waals surface area contributed by atoms with Crippen LogP contribution in [-0.4, -0.2) is 54.4 Å². The highest BCUT2D eigenvalue weighted by molar-refractivity contribution is 7.10. The first kappa shape index (κ1) is 16.1. The summed E-state index contributed by atoms with van der Waals surface area (Å²) in [5, 5.41) is 1.99. The highest BCUT2D eigenvalue weighted by Gasteiger charge is 2.25. The smallest absolute Gasteiger partial charge is 0.253 e. The maximum atomic E-state index is 12.7. The van der Waals surface area contributed by atoms with E-state index < -0.39 is 0 Å². The van der Waals surface area contributed by atoms with E-state index in [2.05, 4.69) is 0 Å². The number of carbonyl (C=O) groups excluding carboxylic acids is 2. The largest absolute Gasteiger partial charge is 0.493 e. The average molecular weight is 356 g/mol. The van der Waals surface area contributed by atoms with Crippen LogP contribution in [0.1, 0.15) is 20.8 Å². The minimum absolute atomic E-state index is 0.0417. The number of rotatable bonds is 3. The number of piperazine rings is 1. The highest BCUT2D eigenvalue weighted by Crippen LogP contribution is 2.26. The number of benzene rings is 1. The highest BCUT2D eigenvalue weighted by atomic mass is 32.1. The Hall–Kier alpha value is -2.34. The van der Waals surface area contributed by atoms with Gasteiger partial charge in [-0.05, 0) is 35.2 Å². The summed E-state index contributed by atoms with van der Waals surface area (Å²) in [6.07, 6.45) is 1.32. The molecule has 0 unspecified atom stereocenters. The van der Waals surface area contributed by atoms with Gasteiger partial charge in [0.25, 0.3) is 5.91 Å². The molecular weight excluding hydrogens is 336 g/mol. The molecule has 4 rings (SSSR count). The van der Waals surface area contributed by atoms with Gasteiger partial charge in [-0.25, -0.2) is 0 Å². The van der Waals surface area contributed by atoms with E-state index >= 15 is 0 Å². The zero-order chi connectivity index (χ0) is 17.2. The molecule has 5 nitrogen and oxygen atoms in total.